The molecule has 0 fully saturated rings. The number of halogens is 1. The second kappa shape index (κ2) is 2.94. The topological polar surface area (TPSA) is 15.8 Å². The molecular formula is C10H10BrN. The molecule has 0 aliphatic rings. The molecule has 1 nitrogen and oxygen atoms in total. The third kappa shape index (κ3) is 1.27. The summed E-state index contributed by atoms with van der Waals surface area (Å²) in [6.07, 6.45) is 0. The minimum atomic E-state index is 0.393. The maximum atomic E-state index is 3.53. The van der Waals surface area contributed by atoms with E-state index in [9.17, 15) is 0 Å². The van der Waals surface area contributed by atoms with Gasteiger partial charge in [-0.25, -0.2) is 0 Å². The Bertz CT molecular complexity index is 356. The second-order valence-electron chi connectivity index (χ2n) is 2.93. The van der Waals surface area contributed by atoms with Crippen LogP contribution in [0.1, 0.15) is 17.4 Å². The van der Waals surface area contributed by atoms with Crippen LogP contribution in [0.5, 0.6) is 0 Å². The van der Waals surface area contributed by atoms with Crippen LogP contribution >= 0.6 is 15.9 Å². The molecule has 0 bridgehead atoms. The molecule has 0 aliphatic heterocycles. The molecular weight excluding hydrogens is 214 g/mol. The molecule has 0 radical (unpaired) electrons. The van der Waals surface area contributed by atoms with Crippen LogP contribution in [0, 0.1) is 0 Å². The van der Waals surface area contributed by atoms with E-state index in [0.717, 1.165) is 0 Å². The van der Waals surface area contributed by atoms with Crippen LogP contribution in [-0.4, -0.2) is 4.98 Å². The summed E-state index contributed by atoms with van der Waals surface area (Å²) in [6, 6.07) is 10.5. The number of rotatable bonds is 1. The molecule has 1 aromatic heterocycles. The Kier molecular flexibility index (Phi) is 1.93. The van der Waals surface area contributed by atoms with Gasteiger partial charge in [-0.2, -0.15) is 0 Å². The van der Waals surface area contributed by atoms with Crippen molar-refractivity contribution in [1.29, 1.82) is 0 Å². The number of aromatic amines is 1. The van der Waals surface area contributed by atoms with E-state index >= 15 is 0 Å². The molecule has 0 aliphatic carbocycles. The van der Waals surface area contributed by atoms with Crippen molar-refractivity contribution in [3.63, 3.8) is 0 Å². The molecule has 0 saturated carbocycles. The highest BCUT2D eigenvalue weighted by molar-refractivity contribution is 9.09. The van der Waals surface area contributed by atoms with Gasteiger partial charge in [0.05, 0.1) is 4.83 Å². The SMILES string of the molecule is CC(Br)c1cc2ccccc2[nH]1. The number of benzene rings is 1. The molecule has 0 spiro atoms. The molecule has 1 atom stereocenters. The number of hydrogen-bond donors (Lipinski definition) is 1. The third-order valence-corrected chi connectivity index (χ3v) is 2.47. The number of para-hydroxylation sites is 1. The Morgan fingerprint density at radius 3 is 2.75 bits per heavy atom. The largest absolute Gasteiger partial charge is 0.357 e. The molecule has 1 unspecified atom stereocenters. The summed E-state index contributed by atoms with van der Waals surface area (Å²) >= 11 is 3.53. The van der Waals surface area contributed by atoms with Crippen LogP contribution in [0.4, 0.5) is 0 Å². The summed E-state index contributed by atoms with van der Waals surface area (Å²) in [6.45, 7) is 2.12. The van der Waals surface area contributed by atoms with Crippen molar-refractivity contribution >= 4 is 26.8 Å². The van der Waals surface area contributed by atoms with Crippen LogP contribution in [0.2, 0.25) is 0 Å². The first-order valence-corrected chi connectivity index (χ1v) is 4.90. The number of nitrogens with one attached hydrogen (secondary N) is 1. The van der Waals surface area contributed by atoms with E-state index in [1.165, 1.54) is 16.6 Å². The Morgan fingerprint density at radius 1 is 1.33 bits per heavy atom. The minimum absolute atomic E-state index is 0.393. The average Bonchev–Trinajstić information content (AvgIpc) is 2.46. The van der Waals surface area contributed by atoms with Crippen molar-refractivity contribution in [3.8, 4) is 0 Å². The summed E-state index contributed by atoms with van der Waals surface area (Å²) in [4.78, 5) is 3.74. The Labute approximate surface area is 79.9 Å². The predicted molar refractivity (Wildman–Crippen MR) is 55.6 cm³/mol. The molecule has 2 aromatic rings. The first kappa shape index (κ1) is 7.87. The van der Waals surface area contributed by atoms with Gasteiger partial charge in [0.15, 0.2) is 0 Å². The van der Waals surface area contributed by atoms with Crippen molar-refractivity contribution in [3.05, 3.63) is 36.0 Å². The van der Waals surface area contributed by atoms with Gasteiger partial charge in [-0.05, 0) is 24.4 Å². The molecule has 1 N–H and O–H groups in total. The fourth-order valence-electron chi connectivity index (χ4n) is 1.31. The van der Waals surface area contributed by atoms with E-state index in [0.29, 0.717) is 4.83 Å². The Morgan fingerprint density at radius 2 is 2.08 bits per heavy atom. The van der Waals surface area contributed by atoms with Crippen molar-refractivity contribution in [1.82, 2.24) is 4.98 Å². The highest BCUT2D eigenvalue weighted by Crippen LogP contribution is 2.24. The lowest BCUT2D eigenvalue weighted by molar-refractivity contribution is 1.06. The Hall–Kier alpha value is -0.760. The van der Waals surface area contributed by atoms with E-state index < -0.39 is 0 Å². The molecule has 0 saturated heterocycles. The van der Waals surface area contributed by atoms with Crippen molar-refractivity contribution in [2.75, 3.05) is 0 Å². The summed E-state index contributed by atoms with van der Waals surface area (Å²) in [5, 5.41) is 1.28. The molecule has 1 aromatic carbocycles. The highest BCUT2D eigenvalue weighted by atomic mass is 79.9. The number of H-pyrrole nitrogens is 1. The maximum Gasteiger partial charge on any atom is 0.0518 e. The number of hydrogen-bond acceptors (Lipinski definition) is 0. The molecule has 2 rings (SSSR count). The van der Waals surface area contributed by atoms with Crippen LogP contribution in [0.3, 0.4) is 0 Å². The molecule has 12 heavy (non-hydrogen) atoms. The number of alkyl halides is 1. The minimum Gasteiger partial charge on any atom is -0.357 e. The summed E-state index contributed by atoms with van der Waals surface area (Å²) in [7, 11) is 0. The third-order valence-electron chi connectivity index (χ3n) is 1.98. The lowest BCUT2D eigenvalue weighted by Crippen LogP contribution is -1.80. The molecule has 1 heterocycles. The van der Waals surface area contributed by atoms with Crippen LogP contribution in [-0.2, 0) is 0 Å². The monoisotopic (exact) mass is 223 g/mol. The number of aromatic nitrogens is 1. The summed E-state index contributed by atoms with van der Waals surface area (Å²) in [5.41, 5.74) is 2.44. The van der Waals surface area contributed by atoms with Gasteiger partial charge in [-0.3, -0.25) is 0 Å². The van der Waals surface area contributed by atoms with Gasteiger partial charge >= 0.3 is 0 Å². The van der Waals surface area contributed by atoms with Crippen molar-refractivity contribution < 1.29 is 0 Å². The van der Waals surface area contributed by atoms with Crippen LogP contribution in [0.15, 0.2) is 30.3 Å². The lowest BCUT2D eigenvalue weighted by atomic mass is 10.2. The fourth-order valence-corrected chi connectivity index (χ4v) is 1.56. The van der Waals surface area contributed by atoms with E-state index in [1.807, 2.05) is 6.07 Å². The first-order chi connectivity index (χ1) is 5.77. The zero-order chi connectivity index (χ0) is 8.55. The van der Waals surface area contributed by atoms with Crippen molar-refractivity contribution in [2.45, 2.75) is 11.8 Å². The van der Waals surface area contributed by atoms with Gasteiger partial charge in [0.2, 0.25) is 0 Å². The summed E-state index contributed by atoms with van der Waals surface area (Å²) < 4.78 is 0. The highest BCUT2D eigenvalue weighted by Gasteiger charge is 2.03. The quantitative estimate of drug-likeness (QED) is 0.712. The van der Waals surface area contributed by atoms with Gasteiger partial charge in [-0.15, -0.1) is 0 Å². The van der Waals surface area contributed by atoms with E-state index in [4.69, 9.17) is 0 Å². The number of fused-ring (bicyclic) bond motifs is 1. The van der Waals surface area contributed by atoms with Gasteiger partial charge < -0.3 is 4.98 Å². The zero-order valence-electron chi connectivity index (χ0n) is 6.84. The maximum absolute atomic E-state index is 3.53. The zero-order valence-corrected chi connectivity index (χ0v) is 8.43. The van der Waals surface area contributed by atoms with Gasteiger partial charge in [0.25, 0.3) is 0 Å². The van der Waals surface area contributed by atoms with Crippen molar-refractivity contribution in [2.24, 2.45) is 0 Å². The molecule has 2 heteroatoms. The summed E-state index contributed by atoms with van der Waals surface area (Å²) in [5.74, 6) is 0. The van der Waals surface area contributed by atoms with Crippen LogP contribution in [0.25, 0.3) is 10.9 Å². The smallest absolute Gasteiger partial charge is 0.0518 e. The van der Waals surface area contributed by atoms with Gasteiger partial charge in [-0.1, -0.05) is 34.1 Å². The first-order valence-electron chi connectivity index (χ1n) is 3.99. The normalized spacial score (nSPS) is 13.5. The van der Waals surface area contributed by atoms with E-state index in [1.54, 1.807) is 0 Å². The Balaban J connectivity index is 2.62. The standard InChI is InChI=1S/C10H10BrN/c1-7(11)10-6-8-4-2-3-5-9(8)12-10/h2-7,12H,1H3. The van der Waals surface area contributed by atoms with Gasteiger partial charge in [0.1, 0.15) is 0 Å². The average molecular weight is 224 g/mol. The van der Waals surface area contributed by atoms with Crippen LogP contribution < -0.4 is 0 Å². The van der Waals surface area contributed by atoms with E-state index in [-0.39, 0.29) is 0 Å². The lowest BCUT2D eigenvalue weighted by Gasteiger charge is -1.95. The molecule has 62 valence electrons. The fraction of sp³-hybridized carbons (Fsp3) is 0.200. The molecule has 0 amide bonds. The van der Waals surface area contributed by atoms with E-state index in [2.05, 4.69) is 52.1 Å². The second-order valence-corrected chi connectivity index (χ2v) is 4.30. The predicted octanol–water partition coefficient (Wildman–Crippen LogP) is 3.62. The van der Waals surface area contributed by atoms with Gasteiger partial charge in [0, 0.05) is 11.2 Å².